The van der Waals surface area contributed by atoms with Crippen LogP contribution in [0.5, 0.6) is 0 Å². The van der Waals surface area contributed by atoms with E-state index < -0.39 is 0 Å². The SMILES string of the molecule is CCn1c(C2CCN(C(=O)c3cc(-c4ccncc4)nc4ccccc34)CC2)n[nH]c1=S. The van der Waals surface area contributed by atoms with E-state index in [1.165, 1.54) is 0 Å². The maximum absolute atomic E-state index is 13.6. The van der Waals surface area contributed by atoms with E-state index in [2.05, 4.69) is 26.7 Å². The number of piperidine rings is 1. The Morgan fingerprint density at radius 1 is 1.16 bits per heavy atom. The second-order valence-electron chi connectivity index (χ2n) is 8.01. The van der Waals surface area contributed by atoms with Gasteiger partial charge in [-0.1, -0.05) is 18.2 Å². The van der Waals surface area contributed by atoms with E-state index in [9.17, 15) is 4.79 Å². The van der Waals surface area contributed by atoms with Crippen LogP contribution >= 0.6 is 12.2 Å². The summed E-state index contributed by atoms with van der Waals surface area (Å²) in [6.07, 6.45) is 5.21. The molecule has 0 bridgehead atoms. The molecule has 0 unspecified atom stereocenters. The molecule has 162 valence electrons. The van der Waals surface area contributed by atoms with Gasteiger partial charge in [-0.3, -0.25) is 14.9 Å². The number of carbonyl (C=O) groups is 1. The zero-order chi connectivity index (χ0) is 22.1. The summed E-state index contributed by atoms with van der Waals surface area (Å²) in [6, 6.07) is 13.6. The average Bonchev–Trinajstić information content (AvgIpc) is 3.23. The molecule has 1 aliphatic rings. The zero-order valence-corrected chi connectivity index (χ0v) is 18.7. The number of aromatic nitrogens is 5. The van der Waals surface area contributed by atoms with Crippen molar-refractivity contribution >= 4 is 29.0 Å². The number of benzene rings is 1. The molecule has 4 heterocycles. The lowest BCUT2D eigenvalue weighted by atomic mass is 9.95. The van der Waals surface area contributed by atoms with Gasteiger partial charge in [0.1, 0.15) is 5.82 Å². The molecule has 5 rings (SSSR count). The van der Waals surface area contributed by atoms with Crippen LogP contribution in [0.3, 0.4) is 0 Å². The summed E-state index contributed by atoms with van der Waals surface area (Å²) in [4.78, 5) is 24.4. The molecule has 0 aliphatic carbocycles. The smallest absolute Gasteiger partial charge is 0.254 e. The van der Waals surface area contributed by atoms with Crippen molar-refractivity contribution in [2.24, 2.45) is 0 Å². The summed E-state index contributed by atoms with van der Waals surface area (Å²) < 4.78 is 2.71. The average molecular weight is 445 g/mol. The minimum absolute atomic E-state index is 0.0479. The standard InChI is InChI=1S/C24H24N6OS/c1-2-30-22(27-28-24(30)32)17-9-13-29(14-10-17)23(31)19-15-21(16-7-11-25-12-8-16)26-20-6-4-3-5-18(19)20/h3-8,11-12,15,17H,2,9-10,13-14H2,1H3,(H,28,32). The fourth-order valence-electron chi connectivity index (χ4n) is 4.48. The number of pyridine rings is 2. The first kappa shape index (κ1) is 20.5. The lowest BCUT2D eigenvalue weighted by Crippen LogP contribution is -2.38. The van der Waals surface area contributed by atoms with Gasteiger partial charge in [0.2, 0.25) is 0 Å². The summed E-state index contributed by atoms with van der Waals surface area (Å²) >= 11 is 5.34. The molecule has 32 heavy (non-hydrogen) atoms. The van der Waals surface area contributed by atoms with Crippen LogP contribution in [0.15, 0.2) is 54.9 Å². The number of hydrogen-bond acceptors (Lipinski definition) is 5. The third-order valence-electron chi connectivity index (χ3n) is 6.17. The van der Waals surface area contributed by atoms with Gasteiger partial charge in [-0.2, -0.15) is 5.10 Å². The van der Waals surface area contributed by atoms with Crippen molar-refractivity contribution in [1.29, 1.82) is 0 Å². The highest BCUT2D eigenvalue weighted by molar-refractivity contribution is 7.71. The van der Waals surface area contributed by atoms with Crippen LogP contribution in [0, 0.1) is 4.77 Å². The summed E-state index contributed by atoms with van der Waals surface area (Å²) in [7, 11) is 0. The first-order chi connectivity index (χ1) is 15.7. The number of amides is 1. The maximum atomic E-state index is 13.6. The van der Waals surface area contributed by atoms with E-state index in [0.29, 0.717) is 29.3 Å². The molecule has 1 fully saturated rings. The molecule has 0 atom stereocenters. The summed E-state index contributed by atoms with van der Waals surface area (Å²) in [6.45, 7) is 4.25. The van der Waals surface area contributed by atoms with E-state index in [-0.39, 0.29) is 5.91 Å². The van der Waals surface area contributed by atoms with Gasteiger partial charge in [-0.25, -0.2) is 4.98 Å². The van der Waals surface area contributed by atoms with Gasteiger partial charge in [-0.05, 0) is 56.2 Å². The summed E-state index contributed by atoms with van der Waals surface area (Å²) in [5.41, 5.74) is 3.24. The van der Waals surface area contributed by atoms with Crippen LogP contribution in [0.25, 0.3) is 22.2 Å². The molecule has 1 N–H and O–H groups in total. The minimum atomic E-state index is 0.0479. The number of carbonyl (C=O) groups excluding carboxylic acids is 1. The van der Waals surface area contributed by atoms with Crippen molar-refractivity contribution in [3.05, 3.63) is 71.0 Å². The van der Waals surface area contributed by atoms with Crippen LogP contribution in [0.2, 0.25) is 0 Å². The summed E-state index contributed by atoms with van der Waals surface area (Å²) in [5, 5.41) is 8.24. The highest BCUT2D eigenvalue weighted by Crippen LogP contribution is 2.30. The number of likely N-dealkylation sites (tertiary alicyclic amines) is 1. The van der Waals surface area contributed by atoms with Crippen molar-refractivity contribution in [3.8, 4) is 11.3 Å². The van der Waals surface area contributed by atoms with Gasteiger partial charge in [0, 0.05) is 48.9 Å². The Bertz CT molecular complexity index is 1320. The molecule has 8 heteroatoms. The second kappa shape index (κ2) is 8.63. The molecule has 1 aromatic carbocycles. The van der Waals surface area contributed by atoms with Crippen LogP contribution in [0.1, 0.15) is 41.9 Å². The van der Waals surface area contributed by atoms with Crippen LogP contribution in [-0.4, -0.2) is 48.6 Å². The largest absolute Gasteiger partial charge is 0.339 e. The van der Waals surface area contributed by atoms with Gasteiger partial charge < -0.3 is 9.47 Å². The zero-order valence-electron chi connectivity index (χ0n) is 17.9. The van der Waals surface area contributed by atoms with Crippen molar-refractivity contribution in [3.63, 3.8) is 0 Å². The minimum Gasteiger partial charge on any atom is -0.339 e. The van der Waals surface area contributed by atoms with Gasteiger partial charge in [0.15, 0.2) is 4.77 Å². The predicted octanol–water partition coefficient (Wildman–Crippen LogP) is 4.59. The Balaban J connectivity index is 1.43. The van der Waals surface area contributed by atoms with E-state index in [1.807, 2.05) is 47.4 Å². The lowest BCUT2D eigenvalue weighted by Gasteiger charge is -2.32. The Labute approximate surface area is 191 Å². The molecule has 1 aliphatic heterocycles. The highest BCUT2D eigenvalue weighted by atomic mass is 32.1. The fourth-order valence-corrected chi connectivity index (χ4v) is 4.75. The van der Waals surface area contributed by atoms with E-state index in [4.69, 9.17) is 17.2 Å². The Kier molecular flexibility index (Phi) is 5.53. The number of nitrogens with one attached hydrogen (secondary N) is 1. The molecule has 0 radical (unpaired) electrons. The molecule has 0 saturated carbocycles. The molecule has 1 saturated heterocycles. The quantitative estimate of drug-likeness (QED) is 0.466. The third kappa shape index (κ3) is 3.71. The molecular formula is C24H24N6OS. The second-order valence-corrected chi connectivity index (χ2v) is 8.39. The van der Waals surface area contributed by atoms with Crippen LogP contribution in [0.4, 0.5) is 0 Å². The number of hydrogen-bond donors (Lipinski definition) is 1. The van der Waals surface area contributed by atoms with E-state index in [1.54, 1.807) is 12.4 Å². The van der Waals surface area contributed by atoms with Gasteiger partial charge in [-0.15, -0.1) is 0 Å². The number of para-hydroxylation sites is 1. The molecule has 4 aromatic rings. The third-order valence-corrected chi connectivity index (χ3v) is 6.49. The molecular weight excluding hydrogens is 420 g/mol. The first-order valence-electron chi connectivity index (χ1n) is 10.9. The van der Waals surface area contributed by atoms with E-state index >= 15 is 0 Å². The van der Waals surface area contributed by atoms with Crippen LogP contribution < -0.4 is 0 Å². The molecule has 3 aromatic heterocycles. The monoisotopic (exact) mass is 444 g/mol. The highest BCUT2D eigenvalue weighted by Gasteiger charge is 2.28. The van der Waals surface area contributed by atoms with Crippen molar-refractivity contribution in [1.82, 2.24) is 29.6 Å². The first-order valence-corrected chi connectivity index (χ1v) is 11.3. The number of nitrogens with zero attached hydrogens (tertiary/aromatic N) is 5. The van der Waals surface area contributed by atoms with Crippen molar-refractivity contribution < 1.29 is 4.79 Å². The molecule has 1 amide bonds. The Morgan fingerprint density at radius 2 is 1.91 bits per heavy atom. The Morgan fingerprint density at radius 3 is 2.66 bits per heavy atom. The number of fused-ring (bicyclic) bond motifs is 1. The predicted molar refractivity (Wildman–Crippen MR) is 126 cm³/mol. The van der Waals surface area contributed by atoms with Crippen molar-refractivity contribution in [2.75, 3.05) is 13.1 Å². The molecule has 7 nitrogen and oxygen atoms in total. The van der Waals surface area contributed by atoms with Crippen molar-refractivity contribution in [2.45, 2.75) is 32.2 Å². The van der Waals surface area contributed by atoms with Gasteiger partial charge in [0.25, 0.3) is 5.91 Å². The topological polar surface area (TPSA) is 79.7 Å². The van der Waals surface area contributed by atoms with Gasteiger partial charge in [0.05, 0.1) is 16.8 Å². The number of aromatic amines is 1. The summed E-state index contributed by atoms with van der Waals surface area (Å²) in [5.74, 6) is 1.35. The van der Waals surface area contributed by atoms with Crippen LogP contribution in [-0.2, 0) is 6.54 Å². The Hall–Kier alpha value is -3.39. The normalized spacial score (nSPS) is 14.7. The fraction of sp³-hybridized carbons (Fsp3) is 0.292. The number of H-pyrrole nitrogens is 1. The maximum Gasteiger partial charge on any atom is 0.254 e. The van der Waals surface area contributed by atoms with E-state index in [0.717, 1.165) is 47.4 Å². The number of rotatable bonds is 4. The lowest BCUT2D eigenvalue weighted by molar-refractivity contribution is 0.0712. The molecule has 0 spiro atoms. The van der Waals surface area contributed by atoms with Gasteiger partial charge >= 0.3 is 0 Å².